The van der Waals surface area contributed by atoms with Gasteiger partial charge >= 0.3 is 0 Å². The van der Waals surface area contributed by atoms with Crippen molar-refractivity contribution >= 4 is 21.6 Å². The van der Waals surface area contributed by atoms with Gasteiger partial charge in [0, 0.05) is 16.6 Å². The Bertz CT molecular complexity index is 594. The molecule has 0 spiro atoms. The molecular formula is C17H19BrN2O. The number of halogens is 1. The van der Waals surface area contributed by atoms with E-state index in [0.29, 0.717) is 24.4 Å². The molecule has 0 radical (unpaired) electrons. The summed E-state index contributed by atoms with van der Waals surface area (Å²) in [5.74, 6) is 1.33. The first kappa shape index (κ1) is 14.4. The third kappa shape index (κ3) is 3.38. The lowest BCUT2D eigenvalue weighted by Gasteiger charge is -2.37. The van der Waals surface area contributed by atoms with E-state index in [-0.39, 0.29) is 0 Å². The van der Waals surface area contributed by atoms with Gasteiger partial charge in [-0.05, 0) is 43.4 Å². The molecule has 1 aliphatic carbocycles. The van der Waals surface area contributed by atoms with Crippen LogP contribution in [0.2, 0.25) is 0 Å². The van der Waals surface area contributed by atoms with Crippen molar-refractivity contribution in [2.75, 3.05) is 11.9 Å². The fourth-order valence-electron chi connectivity index (χ4n) is 2.73. The van der Waals surface area contributed by atoms with Gasteiger partial charge in [0.15, 0.2) is 0 Å². The van der Waals surface area contributed by atoms with Crippen LogP contribution in [-0.2, 0) is 0 Å². The van der Waals surface area contributed by atoms with Gasteiger partial charge in [0.05, 0.1) is 18.5 Å². The average molecular weight is 347 g/mol. The molecule has 1 saturated carbocycles. The van der Waals surface area contributed by atoms with Gasteiger partial charge in [-0.2, -0.15) is 0 Å². The highest BCUT2D eigenvalue weighted by atomic mass is 79.9. The van der Waals surface area contributed by atoms with E-state index < -0.39 is 0 Å². The monoisotopic (exact) mass is 346 g/mol. The molecule has 21 heavy (non-hydrogen) atoms. The van der Waals surface area contributed by atoms with E-state index in [4.69, 9.17) is 4.74 Å². The Hall–Kier alpha value is -1.55. The molecule has 4 heteroatoms. The minimum absolute atomic E-state index is 0.529. The smallest absolute Gasteiger partial charge is 0.213 e. The van der Waals surface area contributed by atoms with Crippen molar-refractivity contribution < 1.29 is 4.74 Å². The molecule has 1 heterocycles. The molecule has 0 atom stereocenters. The van der Waals surface area contributed by atoms with Crippen LogP contribution in [-0.4, -0.2) is 17.6 Å². The topological polar surface area (TPSA) is 34.1 Å². The summed E-state index contributed by atoms with van der Waals surface area (Å²) < 4.78 is 6.57. The molecule has 1 aromatic carbocycles. The van der Waals surface area contributed by atoms with Crippen molar-refractivity contribution in [3.63, 3.8) is 0 Å². The van der Waals surface area contributed by atoms with Crippen LogP contribution in [0, 0.1) is 0 Å². The maximum Gasteiger partial charge on any atom is 0.213 e. The second-order valence-corrected chi connectivity index (χ2v) is 6.20. The normalized spacial score (nSPS) is 20.7. The van der Waals surface area contributed by atoms with Gasteiger partial charge in [-0.1, -0.05) is 34.1 Å². The van der Waals surface area contributed by atoms with Crippen molar-refractivity contribution in [3.8, 4) is 5.88 Å². The minimum Gasteiger partial charge on any atom is -0.478 e. The third-order valence-corrected chi connectivity index (χ3v) is 4.60. The summed E-state index contributed by atoms with van der Waals surface area (Å²) in [5.41, 5.74) is 2.48. The van der Waals surface area contributed by atoms with Crippen LogP contribution in [0.5, 0.6) is 5.88 Å². The highest BCUT2D eigenvalue weighted by molar-refractivity contribution is 9.10. The van der Waals surface area contributed by atoms with Crippen LogP contribution in [0.4, 0.5) is 5.69 Å². The van der Waals surface area contributed by atoms with Crippen molar-refractivity contribution in [2.24, 2.45) is 0 Å². The Morgan fingerprint density at radius 1 is 1.24 bits per heavy atom. The summed E-state index contributed by atoms with van der Waals surface area (Å²) in [4.78, 5) is 4.28. The van der Waals surface area contributed by atoms with Crippen molar-refractivity contribution in [1.29, 1.82) is 0 Å². The highest BCUT2D eigenvalue weighted by Crippen LogP contribution is 2.41. The SMILES string of the molecule is CCOc1ccc(NC2CC(c3ccccc3Br)C2)cn1. The van der Waals surface area contributed by atoms with E-state index in [2.05, 4.69) is 50.5 Å². The van der Waals surface area contributed by atoms with Gasteiger partial charge < -0.3 is 10.1 Å². The molecule has 1 aliphatic rings. The van der Waals surface area contributed by atoms with E-state index in [1.807, 2.05) is 25.3 Å². The quantitative estimate of drug-likeness (QED) is 0.858. The number of anilines is 1. The summed E-state index contributed by atoms with van der Waals surface area (Å²) in [6.45, 7) is 2.61. The molecule has 2 aromatic rings. The molecule has 1 fully saturated rings. The first-order valence-electron chi connectivity index (χ1n) is 7.36. The first-order chi connectivity index (χ1) is 10.3. The predicted molar refractivity (Wildman–Crippen MR) is 88.9 cm³/mol. The zero-order valence-electron chi connectivity index (χ0n) is 12.1. The van der Waals surface area contributed by atoms with E-state index in [9.17, 15) is 0 Å². The summed E-state index contributed by atoms with van der Waals surface area (Å²) >= 11 is 3.64. The maximum absolute atomic E-state index is 5.35. The Labute approximate surface area is 133 Å². The van der Waals surface area contributed by atoms with E-state index >= 15 is 0 Å². The summed E-state index contributed by atoms with van der Waals surface area (Å²) in [7, 11) is 0. The number of pyridine rings is 1. The standard InChI is InChI=1S/C17H19BrN2O/c1-2-21-17-8-7-13(11-19-17)20-14-9-12(10-14)15-5-3-4-6-16(15)18/h3-8,11-12,14,20H,2,9-10H2,1H3. The first-order valence-corrected chi connectivity index (χ1v) is 8.15. The average Bonchev–Trinajstić information content (AvgIpc) is 2.46. The van der Waals surface area contributed by atoms with Gasteiger partial charge in [0.2, 0.25) is 5.88 Å². The number of aromatic nitrogens is 1. The summed E-state index contributed by atoms with van der Waals surface area (Å²) in [6, 6.07) is 13.0. The Balaban J connectivity index is 1.54. The summed E-state index contributed by atoms with van der Waals surface area (Å²) in [5, 5.41) is 3.53. The van der Waals surface area contributed by atoms with Crippen LogP contribution in [0.15, 0.2) is 47.1 Å². The number of benzene rings is 1. The van der Waals surface area contributed by atoms with Gasteiger partial charge in [0.25, 0.3) is 0 Å². The molecule has 0 aliphatic heterocycles. The number of nitrogens with one attached hydrogen (secondary N) is 1. The number of hydrogen-bond donors (Lipinski definition) is 1. The van der Waals surface area contributed by atoms with Crippen molar-refractivity contribution in [3.05, 3.63) is 52.6 Å². The molecule has 1 N–H and O–H groups in total. The number of rotatable bonds is 5. The second kappa shape index (κ2) is 6.48. The van der Waals surface area contributed by atoms with Crippen LogP contribution in [0.1, 0.15) is 31.2 Å². The van der Waals surface area contributed by atoms with Crippen LogP contribution in [0.3, 0.4) is 0 Å². The predicted octanol–water partition coefficient (Wildman–Crippen LogP) is 4.60. The second-order valence-electron chi connectivity index (χ2n) is 5.35. The molecule has 1 aromatic heterocycles. The largest absolute Gasteiger partial charge is 0.478 e. The van der Waals surface area contributed by atoms with Gasteiger partial charge in [0.1, 0.15) is 0 Å². The van der Waals surface area contributed by atoms with Gasteiger partial charge in [-0.25, -0.2) is 4.98 Å². The molecule has 0 saturated heterocycles. The summed E-state index contributed by atoms with van der Waals surface area (Å²) in [6.07, 6.45) is 4.17. The third-order valence-electron chi connectivity index (χ3n) is 3.88. The van der Waals surface area contributed by atoms with Gasteiger partial charge in [-0.15, -0.1) is 0 Å². The van der Waals surface area contributed by atoms with E-state index in [1.165, 1.54) is 10.0 Å². The molecule has 0 bridgehead atoms. The van der Waals surface area contributed by atoms with Gasteiger partial charge in [-0.3, -0.25) is 0 Å². The Morgan fingerprint density at radius 3 is 2.71 bits per heavy atom. The fourth-order valence-corrected chi connectivity index (χ4v) is 3.34. The van der Waals surface area contributed by atoms with E-state index in [1.54, 1.807) is 0 Å². The molecule has 0 unspecified atom stereocenters. The molecule has 110 valence electrons. The number of ether oxygens (including phenoxy) is 1. The van der Waals surface area contributed by atoms with Crippen LogP contribution >= 0.6 is 15.9 Å². The van der Waals surface area contributed by atoms with Crippen molar-refractivity contribution in [2.45, 2.75) is 31.7 Å². The van der Waals surface area contributed by atoms with Crippen LogP contribution < -0.4 is 10.1 Å². The zero-order chi connectivity index (χ0) is 14.7. The maximum atomic E-state index is 5.35. The lowest BCUT2D eigenvalue weighted by Crippen LogP contribution is -2.34. The minimum atomic E-state index is 0.529. The lowest BCUT2D eigenvalue weighted by atomic mass is 9.76. The van der Waals surface area contributed by atoms with E-state index in [0.717, 1.165) is 18.5 Å². The van der Waals surface area contributed by atoms with Crippen LogP contribution in [0.25, 0.3) is 0 Å². The Kier molecular flexibility index (Phi) is 4.44. The number of nitrogens with zero attached hydrogens (tertiary/aromatic N) is 1. The Morgan fingerprint density at radius 2 is 2.05 bits per heavy atom. The fraction of sp³-hybridized carbons (Fsp3) is 0.353. The number of hydrogen-bond acceptors (Lipinski definition) is 3. The highest BCUT2D eigenvalue weighted by Gasteiger charge is 2.31. The lowest BCUT2D eigenvalue weighted by molar-refractivity contribution is 0.327. The zero-order valence-corrected chi connectivity index (χ0v) is 13.6. The van der Waals surface area contributed by atoms with Crippen molar-refractivity contribution in [1.82, 2.24) is 4.98 Å². The molecule has 0 amide bonds. The molecular weight excluding hydrogens is 328 g/mol. The molecule has 3 nitrogen and oxygen atoms in total. The molecule has 3 rings (SSSR count).